The number of ether oxygens (including phenoxy) is 1. The van der Waals surface area contributed by atoms with Gasteiger partial charge in [-0.3, -0.25) is 9.59 Å². The molecule has 0 bridgehead atoms. The number of carbonyl (C=O) groups is 2. The van der Waals surface area contributed by atoms with Gasteiger partial charge in [-0.05, 0) is 49.1 Å². The second-order valence-corrected chi connectivity index (χ2v) is 8.14. The van der Waals surface area contributed by atoms with Crippen LogP contribution in [0.4, 0.5) is 0 Å². The highest BCUT2D eigenvalue weighted by atomic mass is 16.5. The summed E-state index contributed by atoms with van der Waals surface area (Å²) in [6.45, 7) is 3.16. The summed E-state index contributed by atoms with van der Waals surface area (Å²) in [7, 11) is 1.66. The van der Waals surface area contributed by atoms with Crippen molar-refractivity contribution in [3.63, 3.8) is 0 Å². The first-order valence-corrected chi connectivity index (χ1v) is 9.72. The normalized spacial score (nSPS) is 30.3. The summed E-state index contributed by atoms with van der Waals surface area (Å²) in [5.74, 6) is 1.90. The molecule has 0 radical (unpaired) electrons. The number of nitrogens with one attached hydrogen (secondary N) is 1. The first-order chi connectivity index (χ1) is 12.6. The van der Waals surface area contributed by atoms with Crippen LogP contribution in [0.15, 0.2) is 24.3 Å². The zero-order valence-electron chi connectivity index (χ0n) is 15.6. The summed E-state index contributed by atoms with van der Waals surface area (Å²) in [6, 6.07) is 7.81. The van der Waals surface area contributed by atoms with Gasteiger partial charge >= 0.3 is 0 Å². The fraction of sp³-hybridized carbons (Fsp3) is 0.619. The van der Waals surface area contributed by atoms with E-state index in [1.54, 1.807) is 7.11 Å². The number of rotatable bonds is 6. The average Bonchev–Trinajstić information content (AvgIpc) is 3.52. The first kappa shape index (κ1) is 17.5. The quantitative estimate of drug-likeness (QED) is 0.847. The zero-order valence-corrected chi connectivity index (χ0v) is 15.6. The summed E-state index contributed by atoms with van der Waals surface area (Å²) in [6.07, 6.45) is 3.89. The number of nitrogens with zero attached hydrogens (tertiary/aromatic N) is 1. The van der Waals surface area contributed by atoms with Crippen molar-refractivity contribution in [3.8, 4) is 0 Å². The highest BCUT2D eigenvalue weighted by Crippen LogP contribution is 2.55. The molecule has 1 aliphatic heterocycles. The van der Waals surface area contributed by atoms with Crippen LogP contribution in [0.2, 0.25) is 0 Å². The van der Waals surface area contributed by atoms with Crippen molar-refractivity contribution in [2.75, 3.05) is 20.2 Å². The molecule has 1 heterocycles. The van der Waals surface area contributed by atoms with E-state index in [1.165, 1.54) is 12.8 Å². The molecule has 140 valence electrons. The SMILES string of the molecule is CO[C@@H]1CN(C(=O)[C@@H]2C[C@H]2C2CC2)C[C@H]1NC(=O)Cc1ccccc1C. The molecule has 5 nitrogen and oxygen atoms in total. The van der Waals surface area contributed by atoms with Crippen molar-refractivity contribution in [1.29, 1.82) is 0 Å². The lowest BCUT2D eigenvalue weighted by molar-refractivity contribution is -0.132. The third-order valence-electron chi connectivity index (χ3n) is 6.22. The van der Waals surface area contributed by atoms with Gasteiger partial charge in [0, 0.05) is 26.1 Å². The summed E-state index contributed by atoms with van der Waals surface area (Å²) in [5.41, 5.74) is 2.16. The number of hydrogen-bond acceptors (Lipinski definition) is 3. The largest absolute Gasteiger partial charge is 0.377 e. The number of amides is 2. The predicted octanol–water partition coefficient (Wildman–Crippen LogP) is 1.93. The van der Waals surface area contributed by atoms with Crippen LogP contribution in [0.3, 0.4) is 0 Å². The highest BCUT2D eigenvalue weighted by molar-refractivity contribution is 5.83. The highest BCUT2D eigenvalue weighted by Gasteiger charge is 2.53. The lowest BCUT2D eigenvalue weighted by atomic mass is 10.1. The molecule has 1 N–H and O–H groups in total. The Morgan fingerprint density at radius 3 is 2.69 bits per heavy atom. The Kier molecular flexibility index (Phi) is 4.74. The van der Waals surface area contributed by atoms with Gasteiger partial charge in [-0.2, -0.15) is 0 Å². The van der Waals surface area contributed by atoms with Crippen LogP contribution < -0.4 is 5.32 Å². The molecule has 1 aromatic rings. The Balaban J connectivity index is 1.33. The van der Waals surface area contributed by atoms with Gasteiger partial charge < -0.3 is 15.0 Å². The minimum absolute atomic E-state index is 0.0112. The molecule has 3 aliphatic rings. The molecule has 0 unspecified atom stereocenters. The molecule has 2 aliphatic carbocycles. The molecule has 2 amide bonds. The Morgan fingerprint density at radius 2 is 2.00 bits per heavy atom. The van der Waals surface area contributed by atoms with E-state index in [2.05, 4.69) is 5.32 Å². The number of hydrogen-bond donors (Lipinski definition) is 1. The smallest absolute Gasteiger partial charge is 0.226 e. The first-order valence-electron chi connectivity index (χ1n) is 9.72. The fourth-order valence-electron chi connectivity index (χ4n) is 4.35. The maximum Gasteiger partial charge on any atom is 0.226 e. The van der Waals surface area contributed by atoms with Crippen LogP contribution in [-0.2, 0) is 20.7 Å². The van der Waals surface area contributed by atoms with Gasteiger partial charge in [0.2, 0.25) is 11.8 Å². The summed E-state index contributed by atoms with van der Waals surface area (Å²) in [5, 5.41) is 3.09. The third kappa shape index (κ3) is 3.63. The standard InChI is InChI=1S/C21H28N2O3/c1-13-5-3-4-6-15(13)9-20(24)22-18-11-23(12-19(18)26-2)21(25)17-10-16(17)14-7-8-14/h3-6,14,16-19H,7-12H2,1-2H3,(H,22,24)/t16-,17+,18+,19+/m0/s1. The van der Waals surface area contributed by atoms with Crippen molar-refractivity contribution >= 4 is 11.8 Å². The minimum Gasteiger partial charge on any atom is -0.377 e. The van der Waals surface area contributed by atoms with Gasteiger partial charge in [0.1, 0.15) is 0 Å². The lowest BCUT2D eigenvalue weighted by Crippen LogP contribution is -2.44. The molecule has 5 heteroatoms. The lowest BCUT2D eigenvalue weighted by Gasteiger charge is -2.18. The van der Waals surface area contributed by atoms with E-state index in [9.17, 15) is 9.59 Å². The predicted molar refractivity (Wildman–Crippen MR) is 98.5 cm³/mol. The molecule has 4 atom stereocenters. The van der Waals surface area contributed by atoms with Crippen LogP contribution in [0.5, 0.6) is 0 Å². The van der Waals surface area contributed by atoms with Crippen molar-refractivity contribution < 1.29 is 14.3 Å². The van der Waals surface area contributed by atoms with Crippen LogP contribution in [0.1, 0.15) is 30.4 Å². The second-order valence-electron chi connectivity index (χ2n) is 8.14. The van der Waals surface area contributed by atoms with Crippen molar-refractivity contribution in [3.05, 3.63) is 35.4 Å². The second kappa shape index (κ2) is 7.03. The van der Waals surface area contributed by atoms with Crippen molar-refractivity contribution in [1.82, 2.24) is 10.2 Å². The van der Waals surface area contributed by atoms with Crippen LogP contribution in [0, 0.1) is 24.7 Å². The molecular weight excluding hydrogens is 328 g/mol. The molecule has 1 aromatic carbocycles. The van der Waals surface area contributed by atoms with E-state index < -0.39 is 0 Å². The topological polar surface area (TPSA) is 58.6 Å². The number of methoxy groups -OCH3 is 1. The monoisotopic (exact) mass is 356 g/mol. The van der Waals surface area contributed by atoms with Crippen LogP contribution >= 0.6 is 0 Å². The van der Waals surface area contributed by atoms with E-state index in [0.717, 1.165) is 23.5 Å². The van der Waals surface area contributed by atoms with Crippen molar-refractivity contribution in [2.24, 2.45) is 17.8 Å². The number of likely N-dealkylation sites (tertiary alicyclic amines) is 1. The Bertz CT molecular complexity index is 700. The van der Waals surface area contributed by atoms with E-state index >= 15 is 0 Å². The van der Waals surface area contributed by atoms with E-state index in [4.69, 9.17) is 4.74 Å². The number of aryl methyl sites for hydroxylation is 1. The van der Waals surface area contributed by atoms with Gasteiger partial charge in [0.25, 0.3) is 0 Å². The molecular formula is C21H28N2O3. The molecule has 4 rings (SSSR count). The third-order valence-corrected chi connectivity index (χ3v) is 6.22. The Labute approximate surface area is 155 Å². The molecule has 26 heavy (non-hydrogen) atoms. The summed E-state index contributed by atoms with van der Waals surface area (Å²) < 4.78 is 5.56. The van der Waals surface area contributed by atoms with Gasteiger partial charge in [0.05, 0.1) is 18.6 Å². The van der Waals surface area contributed by atoms with E-state index in [1.807, 2.05) is 36.1 Å². The molecule has 3 fully saturated rings. The Morgan fingerprint density at radius 1 is 1.23 bits per heavy atom. The van der Waals surface area contributed by atoms with Gasteiger partial charge in [-0.15, -0.1) is 0 Å². The maximum absolute atomic E-state index is 12.7. The van der Waals surface area contributed by atoms with Gasteiger partial charge in [-0.1, -0.05) is 24.3 Å². The maximum atomic E-state index is 12.7. The molecule has 2 saturated carbocycles. The van der Waals surface area contributed by atoms with Crippen LogP contribution in [-0.4, -0.2) is 49.1 Å². The van der Waals surface area contributed by atoms with E-state index in [0.29, 0.717) is 25.4 Å². The van der Waals surface area contributed by atoms with Crippen LogP contribution in [0.25, 0.3) is 0 Å². The number of carbonyl (C=O) groups excluding carboxylic acids is 2. The summed E-state index contributed by atoms with van der Waals surface area (Å²) in [4.78, 5) is 27.1. The number of benzene rings is 1. The fourth-order valence-corrected chi connectivity index (χ4v) is 4.35. The summed E-state index contributed by atoms with van der Waals surface area (Å²) >= 11 is 0. The zero-order chi connectivity index (χ0) is 18.3. The van der Waals surface area contributed by atoms with Gasteiger partial charge in [-0.25, -0.2) is 0 Å². The molecule has 1 saturated heterocycles. The molecule has 0 spiro atoms. The average molecular weight is 356 g/mol. The van der Waals surface area contributed by atoms with Gasteiger partial charge in [0.15, 0.2) is 0 Å². The molecule has 0 aromatic heterocycles. The van der Waals surface area contributed by atoms with E-state index in [-0.39, 0.29) is 29.9 Å². The Hall–Kier alpha value is -1.88. The minimum atomic E-state index is -0.127. The van der Waals surface area contributed by atoms with Crippen molar-refractivity contribution in [2.45, 2.75) is 44.8 Å².